The number of para-hydroxylation sites is 2. The molecule has 142 valence electrons. The van der Waals surface area contributed by atoms with E-state index in [9.17, 15) is 9.59 Å². The number of oxazole rings is 1. The first kappa shape index (κ1) is 18.1. The van der Waals surface area contributed by atoms with Gasteiger partial charge in [0.15, 0.2) is 5.58 Å². The van der Waals surface area contributed by atoms with Crippen molar-refractivity contribution in [2.45, 2.75) is 6.42 Å². The molecule has 1 aromatic heterocycles. The minimum absolute atomic E-state index is 0.345. The Kier molecular flexibility index (Phi) is 5.29. The van der Waals surface area contributed by atoms with Crippen LogP contribution in [0.3, 0.4) is 0 Å². The molecule has 1 saturated heterocycles. The molecule has 2 amide bonds. The molecule has 4 rings (SSSR count). The summed E-state index contributed by atoms with van der Waals surface area (Å²) in [5.41, 5.74) is 2.42. The van der Waals surface area contributed by atoms with Gasteiger partial charge < -0.3 is 14.5 Å². The van der Waals surface area contributed by atoms with Gasteiger partial charge in [0.05, 0.1) is 11.5 Å². The van der Waals surface area contributed by atoms with E-state index in [0.29, 0.717) is 24.1 Å². The van der Waals surface area contributed by atoms with Gasteiger partial charge in [0.1, 0.15) is 11.3 Å². The van der Waals surface area contributed by atoms with Gasteiger partial charge in [0.25, 0.3) is 17.2 Å². The molecule has 28 heavy (non-hydrogen) atoms. The predicted octanol–water partition coefficient (Wildman–Crippen LogP) is 4.03. The van der Waals surface area contributed by atoms with Crippen LogP contribution in [0.25, 0.3) is 17.2 Å². The highest BCUT2D eigenvalue weighted by molar-refractivity contribution is 8.18. The average molecular weight is 395 g/mol. The minimum atomic E-state index is -0.359. The molecule has 8 heteroatoms. The standard InChI is InChI=1S/C20H17N3O4S/c24-18-17(28-20(25)23-18)12-13-6-8-14(9-7-13)26-11-3-10-21-19-22-15-4-1-2-5-16(15)27-19/h1-2,4-9,12H,3,10-11H2,(H,21,22)(H,23,24,25)/b17-12-. The van der Waals surface area contributed by atoms with E-state index in [1.165, 1.54) is 0 Å². The molecular weight excluding hydrogens is 378 g/mol. The third-order valence-corrected chi connectivity index (χ3v) is 4.79. The summed E-state index contributed by atoms with van der Waals surface area (Å²) in [6.07, 6.45) is 2.46. The van der Waals surface area contributed by atoms with Gasteiger partial charge in [0, 0.05) is 6.54 Å². The van der Waals surface area contributed by atoms with Gasteiger partial charge in [0.2, 0.25) is 0 Å². The fraction of sp³-hybridized carbons (Fsp3) is 0.150. The Bertz CT molecular complexity index is 1010. The summed E-state index contributed by atoms with van der Waals surface area (Å²) in [6, 6.07) is 15.5. The lowest BCUT2D eigenvalue weighted by molar-refractivity contribution is -0.115. The lowest BCUT2D eigenvalue weighted by Gasteiger charge is -2.06. The highest BCUT2D eigenvalue weighted by atomic mass is 32.2. The van der Waals surface area contributed by atoms with Crippen LogP contribution in [-0.4, -0.2) is 29.3 Å². The Morgan fingerprint density at radius 3 is 2.71 bits per heavy atom. The Hall–Kier alpha value is -3.26. The number of hydrogen-bond acceptors (Lipinski definition) is 7. The average Bonchev–Trinajstić information content (AvgIpc) is 3.24. The summed E-state index contributed by atoms with van der Waals surface area (Å²) in [5, 5.41) is 5.03. The van der Waals surface area contributed by atoms with Gasteiger partial charge in [-0.25, -0.2) is 0 Å². The van der Waals surface area contributed by atoms with E-state index in [-0.39, 0.29) is 11.1 Å². The van der Waals surface area contributed by atoms with Crippen LogP contribution in [0.2, 0.25) is 0 Å². The molecule has 1 aliphatic heterocycles. The number of thioether (sulfide) groups is 1. The maximum atomic E-state index is 11.5. The monoisotopic (exact) mass is 395 g/mol. The maximum Gasteiger partial charge on any atom is 0.295 e. The van der Waals surface area contributed by atoms with Crippen molar-refractivity contribution in [1.82, 2.24) is 10.3 Å². The van der Waals surface area contributed by atoms with E-state index in [0.717, 1.165) is 40.6 Å². The van der Waals surface area contributed by atoms with Crippen LogP contribution in [0.5, 0.6) is 5.75 Å². The van der Waals surface area contributed by atoms with E-state index >= 15 is 0 Å². The third kappa shape index (κ3) is 4.34. The summed E-state index contributed by atoms with van der Waals surface area (Å²) < 4.78 is 11.3. The van der Waals surface area contributed by atoms with Crippen molar-refractivity contribution in [3.63, 3.8) is 0 Å². The maximum absolute atomic E-state index is 11.5. The van der Waals surface area contributed by atoms with E-state index < -0.39 is 0 Å². The minimum Gasteiger partial charge on any atom is -0.494 e. The molecule has 0 atom stereocenters. The SMILES string of the molecule is O=C1NC(=O)/C(=C/c2ccc(OCCCNc3nc4ccccc4o3)cc2)S1. The number of aromatic nitrogens is 1. The number of imide groups is 1. The lowest BCUT2D eigenvalue weighted by Crippen LogP contribution is -2.17. The molecule has 1 aliphatic rings. The molecule has 2 heterocycles. The third-order valence-electron chi connectivity index (χ3n) is 3.98. The van der Waals surface area contributed by atoms with Crippen molar-refractivity contribution < 1.29 is 18.7 Å². The Morgan fingerprint density at radius 1 is 1.14 bits per heavy atom. The molecule has 2 aromatic carbocycles. The Balaban J connectivity index is 1.22. The lowest BCUT2D eigenvalue weighted by atomic mass is 10.2. The van der Waals surface area contributed by atoms with Crippen LogP contribution in [0, 0.1) is 0 Å². The zero-order valence-corrected chi connectivity index (χ0v) is 15.6. The van der Waals surface area contributed by atoms with Gasteiger partial charge in [-0.1, -0.05) is 24.3 Å². The van der Waals surface area contributed by atoms with Gasteiger partial charge in [-0.2, -0.15) is 4.98 Å². The summed E-state index contributed by atoms with van der Waals surface area (Å²) in [4.78, 5) is 27.5. The molecule has 0 radical (unpaired) electrons. The van der Waals surface area contributed by atoms with Crippen molar-refractivity contribution in [3.05, 3.63) is 59.0 Å². The molecule has 3 aromatic rings. The van der Waals surface area contributed by atoms with Crippen molar-refractivity contribution in [2.75, 3.05) is 18.5 Å². The summed E-state index contributed by atoms with van der Waals surface area (Å²) in [5.74, 6) is 0.380. The number of nitrogens with one attached hydrogen (secondary N) is 2. The van der Waals surface area contributed by atoms with Crippen molar-refractivity contribution in [1.29, 1.82) is 0 Å². The van der Waals surface area contributed by atoms with E-state index in [1.54, 1.807) is 6.08 Å². The molecule has 1 fully saturated rings. The number of rotatable bonds is 7. The number of carbonyl (C=O) groups is 2. The van der Waals surface area contributed by atoms with Crippen LogP contribution in [0.1, 0.15) is 12.0 Å². The van der Waals surface area contributed by atoms with Crippen LogP contribution in [-0.2, 0) is 4.79 Å². The molecule has 7 nitrogen and oxygen atoms in total. The van der Waals surface area contributed by atoms with Crippen molar-refractivity contribution in [2.24, 2.45) is 0 Å². The van der Waals surface area contributed by atoms with E-state index in [4.69, 9.17) is 9.15 Å². The fourth-order valence-electron chi connectivity index (χ4n) is 2.64. The number of nitrogens with zero attached hydrogens (tertiary/aromatic N) is 1. The second-order valence-corrected chi connectivity index (χ2v) is 7.05. The Labute approximate surface area is 165 Å². The van der Waals surface area contributed by atoms with Gasteiger partial charge in [-0.05, 0) is 54.1 Å². The first-order valence-electron chi connectivity index (χ1n) is 8.74. The zero-order chi connectivity index (χ0) is 19.3. The zero-order valence-electron chi connectivity index (χ0n) is 14.8. The van der Waals surface area contributed by atoms with Crippen molar-refractivity contribution in [3.8, 4) is 5.75 Å². The van der Waals surface area contributed by atoms with Gasteiger partial charge >= 0.3 is 0 Å². The quantitative estimate of drug-likeness (QED) is 0.461. The van der Waals surface area contributed by atoms with Gasteiger partial charge in [-0.15, -0.1) is 0 Å². The van der Waals surface area contributed by atoms with Crippen molar-refractivity contribution >= 4 is 46.1 Å². The smallest absolute Gasteiger partial charge is 0.295 e. The summed E-state index contributed by atoms with van der Waals surface area (Å²) >= 11 is 0.902. The number of hydrogen-bond donors (Lipinski definition) is 2. The molecule has 0 aliphatic carbocycles. The van der Waals surface area contributed by atoms with Gasteiger partial charge in [-0.3, -0.25) is 14.9 Å². The largest absolute Gasteiger partial charge is 0.494 e. The highest BCUT2D eigenvalue weighted by Gasteiger charge is 2.24. The number of benzene rings is 2. The first-order chi connectivity index (χ1) is 13.7. The molecular formula is C20H17N3O4S. The molecule has 0 spiro atoms. The summed E-state index contributed by atoms with van der Waals surface area (Å²) in [7, 11) is 0. The topological polar surface area (TPSA) is 93.5 Å². The normalized spacial score (nSPS) is 15.2. The number of carbonyl (C=O) groups excluding carboxylic acids is 2. The van der Waals surface area contributed by atoms with Crippen LogP contribution in [0.15, 0.2) is 57.9 Å². The fourth-order valence-corrected chi connectivity index (χ4v) is 3.32. The highest BCUT2D eigenvalue weighted by Crippen LogP contribution is 2.26. The second kappa shape index (κ2) is 8.18. The number of anilines is 1. The molecule has 2 N–H and O–H groups in total. The van der Waals surface area contributed by atoms with Crippen LogP contribution >= 0.6 is 11.8 Å². The number of amides is 2. The number of ether oxygens (including phenoxy) is 1. The van der Waals surface area contributed by atoms with Crippen LogP contribution < -0.4 is 15.4 Å². The predicted molar refractivity (Wildman–Crippen MR) is 108 cm³/mol. The van der Waals surface area contributed by atoms with E-state index in [1.807, 2.05) is 48.5 Å². The summed E-state index contributed by atoms with van der Waals surface area (Å²) in [6.45, 7) is 1.22. The number of fused-ring (bicyclic) bond motifs is 1. The van der Waals surface area contributed by atoms with Crippen LogP contribution in [0.4, 0.5) is 10.8 Å². The second-order valence-electron chi connectivity index (χ2n) is 6.04. The Morgan fingerprint density at radius 2 is 1.96 bits per heavy atom. The first-order valence-corrected chi connectivity index (χ1v) is 9.56. The molecule has 0 bridgehead atoms. The molecule has 0 saturated carbocycles. The molecule has 0 unspecified atom stereocenters. The van der Waals surface area contributed by atoms with E-state index in [2.05, 4.69) is 15.6 Å².